The van der Waals surface area contributed by atoms with E-state index >= 15 is 0 Å². The highest BCUT2D eigenvalue weighted by molar-refractivity contribution is 5.48. The number of hydrogen-bond donors (Lipinski definition) is 1. The summed E-state index contributed by atoms with van der Waals surface area (Å²) < 4.78 is 6.24. The first-order valence-electron chi connectivity index (χ1n) is 9.50. The smallest absolute Gasteiger partial charge is 0.207 e. The summed E-state index contributed by atoms with van der Waals surface area (Å²) in [4.78, 5) is 11.2. The van der Waals surface area contributed by atoms with E-state index in [-0.39, 0.29) is 11.1 Å². The molecule has 1 heterocycles. The van der Waals surface area contributed by atoms with Crippen LogP contribution >= 0.6 is 0 Å². The molecule has 134 valence electrons. The number of ether oxygens (including phenoxy) is 1. The van der Waals surface area contributed by atoms with Crippen LogP contribution in [0.4, 0.5) is 0 Å². The number of allylic oxidation sites excluding steroid dienone is 3. The van der Waals surface area contributed by atoms with Crippen LogP contribution in [0, 0.1) is 17.8 Å². The second-order valence-corrected chi connectivity index (χ2v) is 8.87. The average Bonchev–Trinajstić information content (AvgIpc) is 3.17. The van der Waals surface area contributed by atoms with Gasteiger partial charge in [-0.15, -0.1) is 0 Å². The van der Waals surface area contributed by atoms with Crippen LogP contribution in [0.15, 0.2) is 23.3 Å². The zero-order chi connectivity index (χ0) is 17.5. The van der Waals surface area contributed by atoms with E-state index in [1.54, 1.807) is 0 Å². The molecule has 3 nitrogen and oxygen atoms in total. The first-order chi connectivity index (χ1) is 11.3. The van der Waals surface area contributed by atoms with Crippen LogP contribution in [0.2, 0.25) is 0 Å². The fraction of sp³-hybridized carbons (Fsp3) is 0.762. The maximum Gasteiger partial charge on any atom is 0.207 e. The van der Waals surface area contributed by atoms with Crippen molar-refractivity contribution in [2.45, 2.75) is 84.0 Å². The van der Waals surface area contributed by atoms with Crippen molar-refractivity contribution >= 4 is 6.41 Å². The lowest BCUT2D eigenvalue weighted by molar-refractivity contribution is -0.113. The monoisotopic (exact) mass is 331 g/mol. The second kappa shape index (κ2) is 6.33. The highest BCUT2D eigenvalue weighted by Crippen LogP contribution is 2.57. The Hall–Kier alpha value is -1.09. The largest absolute Gasteiger partial charge is 0.366 e. The Morgan fingerprint density at radius 1 is 1.33 bits per heavy atom. The van der Waals surface area contributed by atoms with E-state index < -0.39 is 0 Å². The van der Waals surface area contributed by atoms with Gasteiger partial charge in [0, 0.05) is 5.54 Å². The first-order valence-corrected chi connectivity index (χ1v) is 9.50. The number of amides is 1. The summed E-state index contributed by atoms with van der Waals surface area (Å²) in [5.41, 5.74) is 2.80. The number of nitrogens with one attached hydrogen (secondary N) is 1. The molecule has 1 saturated carbocycles. The third kappa shape index (κ3) is 3.08. The highest BCUT2D eigenvalue weighted by Gasteiger charge is 2.62. The van der Waals surface area contributed by atoms with Gasteiger partial charge in [0.25, 0.3) is 0 Å². The van der Waals surface area contributed by atoms with Gasteiger partial charge in [-0.25, -0.2) is 0 Å². The summed E-state index contributed by atoms with van der Waals surface area (Å²) in [6, 6.07) is 0. The van der Waals surface area contributed by atoms with Crippen molar-refractivity contribution in [3.8, 4) is 0 Å². The van der Waals surface area contributed by atoms with Gasteiger partial charge in [-0.3, -0.25) is 4.79 Å². The quantitative estimate of drug-likeness (QED) is 0.461. The topological polar surface area (TPSA) is 41.6 Å². The van der Waals surface area contributed by atoms with Crippen molar-refractivity contribution in [2.24, 2.45) is 17.8 Å². The Balaban J connectivity index is 1.82. The van der Waals surface area contributed by atoms with Crippen molar-refractivity contribution in [2.75, 3.05) is 0 Å². The van der Waals surface area contributed by atoms with Crippen molar-refractivity contribution < 1.29 is 9.53 Å². The van der Waals surface area contributed by atoms with Gasteiger partial charge in [-0.1, -0.05) is 23.3 Å². The van der Waals surface area contributed by atoms with Crippen molar-refractivity contribution in [1.82, 2.24) is 5.32 Å². The zero-order valence-electron chi connectivity index (χ0n) is 15.9. The molecule has 1 aliphatic heterocycles. The maximum atomic E-state index is 11.2. The van der Waals surface area contributed by atoms with Crippen molar-refractivity contribution in [3.63, 3.8) is 0 Å². The number of rotatable bonds is 5. The molecule has 3 rings (SSSR count). The average molecular weight is 332 g/mol. The molecule has 1 N–H and O–H groups in total. The molecular formula is C21H33NO2. The molecule has 2 aliphatic carbocycles. The summed E-state index contributed by atoms with van der Waals surface area (Å²) in [6.07, 6.45) is 11.6. The normalized spacial score (nSPS) is 44.1. The van der Waals surface area contributed by atoms with Gasteiger partial charge in [0.05, 0.1) is 11.7 Å². The summed E-state index contributed by atoms with van der Waals surface area (Å²) in [5, 5.41) is 3.16. The van der Waals surface area contributed by atoms with Crippen LogP contribution in [0.3, 0.4) is 0 Å². The van der Waals surface area contributed by atoms with E-state index in [4.69, 9.17) is 4.74 Å². The van der Waals surface area contributed by atoms with Gasteiger partial charge >= 0.3 is 0 Å². The van der Waals surface area contributed by atoms with Gasteiger partial charge in [-0.2, -0.15) is 0 Å². The van der Waals surface area contributed by atoms with Crippen molar-refractivity contribution in [3.05, 3.63) is 23.3 Å². The number of epoxide rings is 1. The Bertz CT molecular complexity index is 562. The molecule has 3 heteroatoms. The van der Waals surface area contributed by atoms with E-state index in [2.05, 4.69) is 52.1 Å². The number of carbonyl (C=O) groups is 1. The van der Waals surface area contributed by atoms with Crippen LogP contribution in [0.5, 0.6) is 0 Å². The minimum atomic E-state index is -0.0687. The van der Waals surface area contributed by atoms with Crippen LogP contribution in [0.25, 0.3) is 0 Å². The molecule has 0 radical (unpaired) electrons. The van der Waals surface area contributed by atoms with E-state index in [1.807, 2.05) is 0 Å². The van der Waals surface area contributed by atoms with E-state index in [9.17, 15) is 4.79 Å². The minimum Gasteiger partial charge on any atom is -0.366 e. The molecule has 0 aromatic rings. The Morgan fingerprint density at radius 3 is 2.75 bits per heavy atom. The van der Waals surface area contributed by atoms with E-state index in [0.29, 0.717) is 23.9 Å². The fourth-order valence-corrected chi connectivity index (χ4v) is 5.28. The highest BCUT2D eigenvalue weighted by atomic mass is 16.6. The number of fused-ring (bicyclic) bond motifs is 1. The Morgan fingerprint density at radius 2 is 2.08 bits per heavy atom. The molecule has 6 atom stereocenters. The van der Waals surface area contributed by atoms with Crippen LogP contribution < -0.4 is 5.32 Å². The predicted molar refractivity (Wildman–Crippen MR) is 97.6 cm³/mol. The SMILES string of the molecule is CC(C)=CC[C@H]1O[C@@]1(C)[C@H]1CC[C@](C)(NC=O)[C@H]2CCC(C)=C[C@H]12. The summed E-state index contributed by atoms with van der Waals surface area (Å²) in [5.74, 6) is 1.61. The van der Waals surface area contributed by atoms with Crippen LogP contribution in [-0.2, 0) is 9.53 Å². The number of carbonyl (C=O) groups excluding carboxylic acids is 1. The molecule has 1 amide bonds. The standard InChI is InChI=1S/C21H33NO2/c1-14(2)6-9-19-21(5,24-19)18-10-11-20(4,22-13-23)17-8-7-15(3)12-16(17)18/h6,12-13,16-19H,7-11H2,1-5H3,(H,22,23)/t16-,17-,18-,19+,20-,21-/m0/s1. The molecule has 0 aromatic heterocycles. The molecule has 0 aromatic carbocycles. The van der Waals surface area contributed by atoms with E-state index in [1.165, 1.54) is 17.6 Å². The van der Waals surface area contributed by atoms with Crippen LogP contribution in [-0.4, -0.2) is 23.7 Å². The van der Waals surface area contributed by atoms with Gasteiger partial charge in [0.2, 0.25) is 6.41 Å². The molecule has 0 unspecified atom stereocenters. The molecule has 0 bridgehead atoms. The predicted octanol–water partition coefficient (Wildman–Crippen LogP) is 4.39. The lowest BCUT2D eigenvalue weighted by Crippen LogP contribution is -2.57. The molecule has 24 heavy (non-hydrogen) atoms. The molecule has 1 saturated heterocycles. The molecular weight excluding hydrogens is 298 g/mol. The Labute approximate surface area is 146 Å². The summed E-state index contributed by atoms with van der Waals surface area (Å²) in [6.45, 7) is 11.1. The molecule has 0 spiro atoms. The molecule has 3 aliphatic rings. The first kappa shape index (κ1) is 17.7. The zero-order valence-corrected chi connectivity index (χ0v) is 15.9. The van der Waals surface area contributed by atoms with E-state index in [0.717, 1.165) is 32.1 Å². The number of hydrogen-bond acceptors (Lipinski definition) is 2. The van der Waals surface area contributed by atoms with Crippen molar-refractivity contribution in [1.29, 1.82) is 0 Å². The fourth-order valence-electron chi connectivity index (χ4n) is 5.28. The second-order valence-electron chi connectivity index (χ2n) is 8.87. The van der Waals surface area contributed by atoms with Gasteiger partial charge in [0.15, 0.2) is 0 Å². The molecule has 2 fully saturated rings. The third-order valence-electron chi connectivity index (χ3n) is 6.89. The summed E-state index contributed by atoms with van der Waals surface area (Å²) >= 11 is 0. The summed E-state index contributed by atoms with van der Waals surface area (Å²) in [7, 11) is 0. The lowest BCUT2D eigenvalue weighted by atomic mass is 9.56. The minimum absolute atomic E-state index is 0.00545. The van der Waals surface area contributed by atoms with Gasteiger partial charge in [0.1, 0.15) is 0 Å². The van der Waals surface area contributed by atoms with Crippen LogP contribution in [0.1, 0.15) is 66.7 Å². The van der Waals surface area contributed by atoms with Gasteiger partial charge < -0.3 is 10.1 Å². The maximum absolute atomic E-state index is 11.2. The Kier molecular flexibility index (Phi) is 4.67. The van der Waals surface area contributed by atoms with Gasteiger partial charge in [-0.05, 0) is 84.5 Å². The third-order valence-corrected chi connectivity index (χ3v) is 6.89. The lowest BCUT2D eigenvalue weighted by Gasteiger charge is -2.51.